The highest BCUT2D eigenvalue weighted by molar-refractivity contribution is 5.68. The average Bonchev–Trinajstić information content (AvgIpc) is 3.10. The lowest BCUT2D eigenvalue weighted by molar-refractivity contribution is -0.185. The lowest BCUT2D eigenvalue weighted by Crippen LogP contribution is -2.49. The van der Waals surface area contributed by atoms with Crippen molar-refractivity contribution < 1.29 is 19.0 Å². The fourth-order valence-electron chi connectivity index (χ4n) is 4.10. The number of carbonyl (C=O) groups is 1. The molecule has 3 fully saturated rings. The fraction of sp³-hybridized carbons (Fsp3) is 0.944. The molecule has 3 rings (SSSR count). The van der Waals surface area contributed by atoms with Gasteiger partial charge < -0.3 is 24.4 Å². The Bertz CT molecular complexity index is 433. The van der Waals surface area contributed by atoms with Crippen LogP contribution in [0.1, 0.15) is 52.9 Å². The van der Waals surface area contributed by atoms with Crippen LogP contribution in [0.5, 0.6) is 0 Å². The second-order valence-electron chi connectivity index (χ2n) is 8.35. The molecule has 0 bridgehead atoms. The molecule has 6 nitrogen and oxygen atoms in total. The highest BCUT2D eigenvalue weighted by Crippen LogP contribution is 2.33. The molecule has 0 aromatic carbocycles. The number of nitrogens with zero attached hydrogens (tertiary/aromatic N) is 1. The van der Waals surface area contributed by atoms with Crippen molar-refractivity contribution in [2.24, 2.45) is 5.92 Å². The van der Waals surface area contributed by atoms with Crippen molar-refractivity contribution >= 4 is 6.09 Å². The van der Waals surface area contributed by atoms with Crippen LogP contribution in [-0.2, 0) is 14.2 Å². The fourth-order valence-corrected chi connectivity index (χ4v) is 4.10. The number of hydrogen-bond acceptors (Lipinski definition) is 5. The van der Waals surface area contributed by atoms with Crippen molar-refractivity contribution in [2.75, 3.05) is 32.8 Å². The quantitative estimate of drug-likeness (QED) is 0.855. The van der Waals surface area contributed by atoms with Gasteiger partial charge in [-0.15, -0.1) is 0 Å². The Morgan fingerprint density at radius 3 is 2.50 bits per heavy atom. The zero-order valence-electron chi connectivity index (χ0n) is 15.3. The molecule has 2 saturated heterocycles. The Morgan fingerprint density at radius 2 is 1.88 bits per heavy atom. The third-order valence-corrected chi connectivity index (χ3v) is 5.29. The number of carbonyl (C=O) groups excluding carboxylic acids is 1. The highest BCUT2D eigenvalue weighted by atomic mass is 16.7. The minimum atomic E-state index is -0.444. The van der Waals surface area contributed by atoms with Gasteiger partial charge in [0, 0.05) is 38.5 Å². The number of alkyl carbamates (subject to hydrolysis) is 1. The van der Waals surface area contributed by atoms with Gasteiger partial charge in [0.2, 0.25) is 0 Å². The number of nitrogens with one attached hydrogen (secondary N) is 1. The van der Waals surface area contributed by atoms with Gasteiger partial charge in [-0.05, 0) is 39.5 Å². The van der Waals surface area contributed by atoms with Gasteiger partial charge in [-0.1, -0.05) is 6.42 Å². The molecule has 0 unspecified atom stereocenters. The first-order valence-electron chi connectivity index (χ1n) is 9.35. The second kappa shape index (κ2) is 7.18. The van der Waals surface area contributed by atoms with Gasteiger partial charge in [-0.25, -0.2) is 4.79 Å². The van der Waals surface area contributed by atoms with Crippen molar-refractivity contribution in [1.29, 1.82) is 0 Å². The van der Waals surface area contributed by atoms with E-state index < -0.39 is 5.60 Å². The van der Waals surface area contributed by atoms with E-state index in [9.17, 15) is 4.79 Å². The van der Waals surface area contributed by atoms with E-state index in [-0.39, 0.29) is 17.9 Å². The van der Waals surface area contributed by atoms with E-state index in [0.717, 1.165) is 52.1 Å². The predicted molar refractivity (Wildman–Crippen MR) is 90.8 cm³/mol. The number of piperidine rings is 1. The van der Waals surface area contributed by atoms with Gasteiger partial charge in [0.1, 0.15) is 5.60 Å². The van der Waals surface area contributed by atoms with Crippen LogP contribution in [0.4, 0.5) is 4.79 Å². The molecule has 1 aliphatic carbocycles. The maximum atomic E-state index is 12.0. The van der Waals surface area contributed by atoms with E-state index >= 15 is 0 Å². The zero-order chi connectivity index (χ0) is 17.2. The molecule has 0 aromatic rings. The molecule has 138 valence electrons. The Labute approximate surface area is 145 Å². The van der Waals surface area contributed by atoms with Crippen molar-refractivity contribution in [3.63, 3.8) is 0 Å². The van der Waals surface area contributed by atoms with Gasteiger partial charge in [0.15, 0.2) is 5.79 Å². The molecular weight excluding hydrogens is 308 g/mol. The molecular formula is C18H32N2O4. The van der Waals surface area contributed by atoms with Crippen LogP contribution < -0.4 is 5.32 Å². The third-order valence-electron chi connectivity index (χ3n) is 5.29. The number of likely N-dealkylation sites (tertiary alicyclic amines) is 1. The molecule has 2 atom stereocenters. The highest BCUT2D eigenvalue weighted by Gasteiger charge is 2.41. The van der Waals surface area contributed by atoms with E-state index in [1.165, 1.54) is 12.8 Å². The first kappa shape index (κ1) is 18.0. The van der Waals surface area contributed by atoms with Crippen molar-refractivity contribution in [3.05, 3.63) is 0 Å². The summed E-state index contributed by atoms with van der Waals surface area (Å²) in [7, 11) is 0. The van der Waals surface area contributed by atoms with E-state index in [2.05, 4.69) is 10.2 Å². The van der Waals surface area contributed by atoms with Gasteiger partial charge in [0.05, 0.1) is 13.2 Å². The number of rotatable bonds is 3. The Hall–Kier alpha value is -0.850. The SMILES string of the molecule is CC(C)(C)OC(=O)N[C@@H]1CCC[C@@H]1CN1CCC2(CC1)OCCO2. The van der Waals surface area contributed by atoms with Crippen LogP contribution in [0.25, 0.3) is 0 Å². The van der Waals surface area contributed by atoms with Crippen LogP contribution in [0.15, 0.2) is 0 Å². The Morgan fingerprint density at radius 1 is 1.21 bits per heavy atom. The minimum absolute atomic E-state index is 0.231. The normalized spacial score (nSPS) is 30.6. The van der Waals surface area contributed by atoms with Crippen LogP contribution in [0, 0.1) is 5.92 Å². The maximum Gasteiger partial charge on any atom is 0.407 e. The summed E-state index contributed by atoms with van der Waals surface area (Å²) in [5.41, 5.74) is -0.444. The van der Waals surface area contributed by atoms with Crippen LogP contribution in [0.3, 0.4) is 0 Å². The summed E-state index contributed by atoms with van der Waals surface area (Å²) in [6.45, 7) is 10.2. The standard InChI is InChI=1S/C18H32N2O4/c1-17(2,3)24-16(21)19-15-6-4-5-14(15)13-20-9-7-18(8-10-20)22-11-12-23-18/h14-15H,4-13H2,1-3H3,(H,19,21)/t14-,15-/m1/s1. The summed E-state index contributed by atoms with van der Waals surface area (Å²) in [4.78, 5) is 14.5. The third kappa shape index (κ3) is 4.61. The van der Waals surface area contributed by atoms with Crippen LogP contribution in [-0.4, -0.2) is 61.3 Å². The molecule has 1 N–H and O–H groups in total. The smallest absolute Gasteiger partial charge is 0.407 e. The summed E-state index contributed by atoms with van der Waals surface area (Å²) in [5, 5.41) is 3.09. The Kier molecular flexibility index (Phi) is 5.37. The molecule has 3 aliphatic rings. The number of ether oxygens (including phenoxy) is 3. The largest absolute Gasteiger partial charge is 0.444 e. The lowest BCUT2D eigenvalue weighted by atomic mass is 9.99. The summed E-state index contributed by atoms with van der Waals surface area (Å²) < 4.78 is 17.0. The summed E-state index contributed by atoms with van der Waals surface area (Å²) in [5.74, 6) is 0.206. The molecule has 1 saturated carbocycles. The lowest BCUT2D eigenvalue weighted by Gasteiger charge is -2.39. The van der Waals surface area contributed by atoms with Gasteiger partial charge >= 0.3 is 6.09 Å². The van der Waals surface area contributed by atoms with E-state index in [4.69, 9.17) is 14.2 Å². The van der Waals surface area contributed by atoms with Gasteiger partial charge in [0.25, 0.3) is 0 Å². The molecule has 0 radical (unpaired) electrons. The van der Waals surface area contributed by atoms with Crippen LogP contribution >= 0.6 is 0 Å². The zero-order valence-corrected chi connectivity index (χ0v) is 15.3. The minimum Gasteiger partial charge on any atom is -0.444 e. The Balaban J connectivity index is 1.45. The molecule has 1 amide bonds. The number of amides is 1. The average molecular weight is 340 g/mol. The summed E-state index contributed by atoms with van der Waals surface area (Å²) in [6, 6.07) is 0.231. The maximum absolute atomic E-state index is 12.0. The van der Waals surface area contributed by atoms with Crippen molar-refractivity contribution in [2.45, 2.75) is 70.3 Å². The first-order valence-corrected chi connectivity index (χ1v) is 9.35. The summed E-state index contributed by atoms with van der Waals surface area (Å²) >= 11 is 0. The molecule has 2 aliphatic heterocycles. The molecule has 1 spiro atoms. The topological polar surface area (TPSA) is 60.0 Å². The number of hydrogen-bond donors (Lipinski definition) is 1. The van der Waals surface area contributed by atoms with Gasteiger partial charge in [-0.2, -0.15) is 0 Å². The first-order chi connectivity index (χ1) is 11.4. The van der Waals surface area contributed by atoms with E-state index in [0.29, 0.717) is 5.92 Å². The second-order valence-corrected chi connectivity index (χ2v) is 8.35. The molecule has 6 heteroatoms. The molecule has 0 aromatic heterocycles. The van der Waals surface area contributed by atoms with E-state index in [1.807, 2.05) is 20.8 Å². The van der Waals surface area contributed by atoms with E-state index in [1.54, 1.807) is 0 Å². The van der Waals surface area contributed by atoms with Gasteiger partial charge in [-0.3, -0.25) is 0 Å². The predicted octanol–water partition coefficient (Wildman–Crippen LogP) is 2.52. The van der Waals surface area contributed by atoms with Crippen LogP contribution in [0.2, 0.25) is 0 Å². The molecule has 24 heavy (non-hydrogen) atoms. The summed E-state index contributed by atoms with van der Waals surface area (Å²) in [6.07, 6.45) is 5.01. The monoisotopic (exact) mass is 340 g/mol. The van der Waals surface area contributed by atoms with Crippen molar-refractivity contribution in [1.82, 2.24) is 10.2 Å². The molecule has 2 heterocycles. The van der Waals surface area contributed by atoms with Crippen molar-refractivity contribution in [3.8, 4) is 0 Å².